The third kappa shape index (κ3) is 3.08. The first kappa shape index (κ1) is 19.6. The zero-order valence-electron chi connectivity index (χ0n) is 17.3. The molecule has 0 amide bonds. The van der Waals surface area contributed by atoms with Gasteiger partial charge in [-0.15, -0.1) is 22.7 Å². The molecule has 1 aliphatic heterocycles. The Morgan fingerprint density at radius 1 is 0.903 bits per heavy atom. The van der Waals surface area contributed by atoms with E-state index in [1.165, 1.54) is 49.6 Å². The van der Waals surface area contributed by atoms with Crippen molar-refractivity contribution in [3.63, 3.8) is 0 Å². The van der Waals surface area contributed by atoms with Crippen molar-refractivity contribution in [2.45, 2.75) is 24.6 Å². The molecule has 2 nitrogen and oxygen atoms in total. The summed E-state index contributed by atoms with van der Waals surface area (Å²) in [6.45, 7) is 6.44. The standard InChI is InChI=1S/C25H21N2S4/c1-3-26-20(30-24-22(26)16-10-5-7-12-18(16)28-24)14-9-15-21-27(4-2)23-17-11-6-8-13-19(17)29-25(23)31-21/h5-15H,3-4H2,1-2H3/q+1. The molecule has 0 bridgehead atoms. The molecule has 4 heterocycles. The molecule has 0 aliphatic carbocycles. The normalized spacial score (nSPS) is 15.4. The summed E-state index contributed by atoms with van der Waals surface area (Å²) in [5, 5.41) is 5.38. The summed E-state index contributed by atoms with van der Waals surface area (Å²) in [7, 11) is 0. The van der Waals surface area contributed by atoms with Crippen molar-refractivity contribution in [2.24, 2.45) is 0 Å². The molecule has 154 valence electrons. The van der Waals surface area contributed by atoms with Gasteiger partial charge in [0, 0.05) is 27.4 Å². The van der Waals surface area contributed by atoms with Crippen LogP contribution in [0, 0.1) is 0 Å². The molecule has 0 spiro atoms. The fraction of sp³-hybridized carbons (Fsp3) is 0.160. The largest absolute Gasteiger partial charge is 0.334 e. The molecular weight excluding hydrogens is 457 g/mol. The summed E-state index contributed by atoms with van der Waals surface area (Å²) in [6.07, 6.45) is 6.79. The molecule has 0 fully saturated rings. The number of benzene rings is 2. The number of thiophene rings is 2. The van der Waals surface area contributed by atoms with Crippen LogP contribution in [-0.4, -0.2) is 6.54 Å². The van der Waals surface area contributed by atoms with Crippen molar-refractivity contribution in [2.75, 3.05) is 11.4 Å². The summed E-state index contributed by atoms with van der Waals surface area (Å²) in [4.78, 5) is 2.46. The zero-order valence-corrected chi connectivity index (χ0v) is 20.6. The number of nitrogens with zero attached hydrogens (tertiary/aromatic N) is 2. The van der Waals surface area contributed by atoms with Crippen LogP contribution in [0.5, 0.6) is 0 Å². The van der Waals surface area contributed by atoms with E-state index in [2.05, 4.69) is 90.1 Å². The lowest BCUT2D eigenvalue weighted by molar-refractivity contribution is -0.664. The minimum atomic E-state index is 0.982. The topological polar surface area (TPSA) is 7.12 Å². The molecule has 0 unspecified atom stereocenters. The maximum atomic E-state index is 2.46. The number of fused-ring (bicyclic) bond motifs is 6. The van der Waals surface area contributed by atoms with Gasteiger partial charge in [0.15, 0.2) is 4.01 Å². The van der Waals surface area contributed by atoms with E-state index < -0.39 is 0 Å². The maximum absolute atomic E-state index is 2.46. The van der Waals surface area contributed by atoms with E-state index in [9.17, 15) is 0 Å². The van der Waals surface area contributed by atoms with Crippen molar-refractivity contribution < 1.29 is 4.57 Å². The lowest BCUT2D eigenvalue weighted by atomic mass is 10.2. The van der Waals surface area contributed by atoms with Crippen LogP contribution < -0.4 is 9.47 Å². The molecule has 0 saturated heterocycles. The smallest absolute Gasteiger partial charge is 0.263 e. The minimum absolute atomic E-state index is 0.982. The van der Waals surface area contributed by atoms with Crippen LogP contribution in [0.3, 0.4) is 0 Å². The van der Waals surface area contributed by atoms with Crippen LogP contribution >= 0.6 is 45.8 Å². The summed E-state index contributed by atoms with van der Waals surface area (Å²) in [5.74, 6) is 0. The third-order valence-corrected chi connectivity index (χ3v) is 10.5. The third-order valence-electron chi connectivity index (χ3n) is 5.65. The van der Waals surface area contributed by atoms with Crippen molar-refractivity contribution >= 4 is 87.2 Å². The van der Waals surface area contributed by atoms with Gasteiger partial charge in [0.05, 0.1) is 20.3 Å². The van der Waals surface area contributed by atoms with Crippen molar-refractivity contribution in [1.82, 2.24) is 0 Å². The van der Waals surface area contributed by atoms with Gasteiger partial charge >= 0.3 is 0 Å². The quantitative estimate of drug-likeness (QED) is 0.241. The van der Waals surface area contributed by atoms with Crippen LogP contribution in [0.4, 0.5) is 5.69 Å². The molecule has 0 radical (unpaired) electrons. The van der Waals surface area contributed by atoms with E-state index in [1.807, 2.05) is 45.8 Å². The number of aryl methyl sites for hydroxylation is 1. The van der Waals surface area contributed by atoms with E-state index in [-0.39, 0.29) is 0 Å². The van der Waals surface area contributed by atoms with Crippen LogP contribution in [0.25, 0.3) is 35.8 Å². The predicted molar refractivity (Wildman–Crippen MR) is 141 cm³/mol. The molecule has 1 aliphatic rings. The number of anilines is 1. The predicted octanol–water partition coefficient (Wildman–Crippen LogP) is 8.12. The SMILES string of the molecule is CCN1C(=CC=Cc2sc3sc4ccccc4c3[n+]2CC)Sc2sc3ccccc3c21. The molecular formula is C25H21N2S4+. The number of hydrogen-bond acceptors (Lipinski definition) is 5. The van der Waals surface area contributed by atoms with Gasteiger partial charge in [0.2, 0.25) is 5.52 Å². The van der Waals surface area contributed by atoms with Gasteiger partial charge in [-0.3, -0.25) is 0 Å². The Balaban J connectivity index is 1.36. The van der Waals surface area contributed by atoms with Crippen LogP contribution in [-0.2, 0) is 6.54 Å². The second-order valence-corrected chi connectivity index (χ2v) is 12.0. The van der Waals surface area contributed by atoms with Crippen LogP contribution in [0.15, 0.2) is 69.9 Å². The molecule has 0 N–H and O–H groups in total. The van der Waals surface area contributed by atoms with E-state index in [1.54, 1.807) is 0 Å². The van der Waals surface area contributed by atoms with Gasteiger partial charge in [-0.05, 0) is 38.1 Å². The molecule has 3 aromatic heterocycles. The highest BCUT2D eigenvalue weighted by Gasteiger charge is 2.28. The van der Waals surface area contributed by atoms with Crippen LogP contribution in [0.2, 0.25) is 0 Å². The highest BCUT2D eigenvalue weighted by molar-refractivity contribution is 8.05. The maximum Gasteiger partial charge on any atom is 0.263 e. The van der Waals surface area contributed by atoms with Crippen molar-refractivity contribution in [1.29, 1.82) is 0 Å². The Morgan fingerprint density at radius 3 is 2.42 bits per heavy atom. The number of thioether (sulfide) groups is 1. The van der Waals surface area contributed by atoms with Crippen molar-refractivity contribution in [3.05, 3.63) is 70.7 Å². The molecule has 2 aromatic carbocycles. The van der Waals surface area contributed by atoms with Gasteiger partial charge in [-0.2, -0.15) is 4.57 Å². The van der Waals surface area contributed by atoms with E-state index in [4.69, 9.17) is 0 Å². The van der Waals surface area contributed by atoms with Gasteiger partial charge in [0.1, 0.15) is 6.54 Å². The van der Waals surface area contributed by atoms with Crippen molar-refractivity contribution in [3.8, 4) is 0 Å². The monoisotopic (exact) mass is 477 g/mol. The summed E-state index contributed by atoms with van der Waals surface area (Å²) < 4.78 is 8.03. The van der Waals surface area contributed by atoms with Gasteiger partial charge in [-0.1, -0.05) is 59.5 Å². The van der Waals surface area contributed by atoms with Crippen LogP contribution in [0.1, 0.15) is 18.9 Å². The number of thiazole rings is 1. The minimum Gasteiger partial charge on any atom is -0.334 e. The molecule has 0 atom stereocenters. The highest BCUT2D eigenvalue weighted by atomic mass is 32.2. The average molecular weight is 478 g/mol. The van der Waals surface area contributed by atoms with E-state index in [0.29, 0.717) is 0 Å². The second-order valence-electron chi connectivity index (χ2n) is 7.36. The summed E-state index contributed by atoms with van der Waals surface area (Å²) >= 11 is 7.61. The number of allylic oxidation sites excluding steroid dienone is 2. The Hall–Kier alpha value is -2.12. The lowest BCUT2D eigenvalue weighted by Gasteiger charge is -2.17. The Labute approximate surface area is 197 Å². The Bertz CT molecular complexity index is 1500. The van der Waals surface area contributed by atoms with E-state index >= 15 is 0 Å². The number of hydrogen-bond donors (Lipinski definition) is 0. The molecule has 6 heteroatoms. The fourth-order valence-corrected chi connectivity index (χ4v) is 9.51. The molecule has 31 heavy (non-hydrogen) atoms. The number of aromatic nitrogens is 1. The molecule has 5 aromatic rings. The fourth-order valence-electron chi connectivity index (χ4n) is 4.28. The average Bonchev–Trinajstić information content (AvgIpc) is 3.50. The lowest BCUT2D eigenvalue weighted by Crippen LogP contribution is -2.33. The molecule has 6 rings (SSSR count). The van der Waals surface area contributed by atoms with Gasteiger partial charge in [-0.25, -0.2) is 0 Å². The first-order valence-corrected chi connectivity index (χ1v) is 13.7. The second kappa shape index (κ2) is 7.78. The van der Waals surface area contributed by atoms with E-state index in [0.717, 1.165) is 13.1 Å². The zero-order chi connectivity index (χ0) is 20.9. The Kier molecular flexibility index (Phi) is 4.91. The first-order chi connectivity index (χ1) is 15.3. The molecule has 0 saturated carbocycles. The highest BCUT2D eigenvalue weighted by Crippen LogP contribution is 2.54. The van der Waals surface area contributed by atoms with Gasteiger partial charge in [0.25, 0.3) is 5.01 Å². The Morgan fingerprint density at radius 2 is 1.65 bits per heavy atom. The number of rotatable bonds is 4. The first-order valence-electron chi connectivity index (χ1n) is 10.5. The van der Waals surface area contributed by atoms with Gasteiger partial charge < -0.3 is 4.90 Å². The summed E-state index contributed by atoms with van der Waals surface area (Å²) in [5.41, 5.74) is 2.78. The summed E-state index contributed by atoms with van der Waals surface area (Å²) in [6, 6.07) is 17.5.